The highest BCUT2D eigenvalue weighted by molar-refractivity contribution is 6.24. The summed E-state index contributed by atoms with van der Waals surface area (Å²) in [6, 6.07) is 0. The van der Waals surface area contributed by atoms with Crippen molar-refractivity contribution in [2.24, 2.45) is 32.7 Å². The molecule has 0 radical (unpaired) electrons. The predicted molar refractivity (Wildman–Crippen MR) is 170 cm³/mol. The molecule has 0 amide bonds. The Morgan fingerprint density at radius 3 is 2.18 bits per heavy atom. The first-order valence-electron chi connectivity index (χ1n) is 14.6. The summed E-state index contributed by atoms with van der Waals surface area (Å²) < 4.78 is 5.16. The van der Waals surface area contributed by atoms with Gasteiger partial charge in [-0.1, -0.05) is 32.2 Å². The molecule has 1 aliphatic carbocycles. The smallest absolute Gasteiger partial charge is 0.321 e. The third-order valence-electron chi connectivity index (χ3n) is 9.30. The number of carbonyl (C=O) groups is 2. The lowest BCUT2D eigenvalue weighted by Crippen LogP contribution is -2.25. The number of methoxy groups -OCH3 is 1. The van der Waals surface area contributed by atoms with E-state index in [1.165, 1.54) is 7.11 Å². The van der Waals surface area contributed by atoms with Gasteiger partial charge in [0.2, 0.25) is 0 Å². The molecule has 0 aromatic carbocycles. The number of aliphatic hydroxyl groups is 1. The molecule has 6 rings (SSSR count). The van der Waals surface area contributed by atoms with Gasteiger partial charge in [-0.15, -0.1) is 0 Å². The standard InChI is InChI=1S/C35H34N4O5/c1-8-19-15(3)22-12-24-17(5)21(10-11-28(40)41)32(38-24)30-31(35(43)44-7)34(42)29-18(6)25(39-33(29)30)14-27-20(9-2)16(4)23(37-27)13-26(19)36-22/h8-9,12-14,17,21,31,38,42H,1-2,10-11H2,3-7H3,(H,40,41)/t17-,21-,31+/m1/s1. The van der Waals surface area contributed by atoms with Gasteiger partial charge in [-0.05, 0) is 62.1 Å². The Hall–Kier alpha value is -5.05. The lowest BCUT2D eigenvalue weighted by Gasteiger charge is -2.20. The number of aliphatic imine (C=N–C) groups is 3. The molecule has 9 nitrogen and oxygen atoms in total. The van der Waals surface area contributed by atoms with E-state index in [9.17, 15) is 19.8 Å². The van der Waals surface area contributed by atoms with Gasteiger partial charge in [0, 0.05) is 51.9 Å². The van der Waals surface area contributed by atoms with E-state index in [4.69, 9.17) is 19.7 Å². The molecular weight excluding hydrogens is 556 g/mol. The molecule has 5 aliphatic heterocycles. The van der Waals surface area contributed by atoms with Crippen LogP contribution in [0.2, 0.25) is 0 Å². The fraction of sp³-hybridized carbons (Fsp3) is 0.286. The van der Waals surface area contributed by atoms with Gasteiger partial charge in [-0.25, -0.2) is 15.0 Å². The van der Waals surface area contributed by atoms with E-state index in [0.717, 1.165) is 45.1 Å². The van der Waals surface area contributed by atoms with Crippen LogP contribution in [0, 0.1) is 17.8 Å². The van der Waals surface area contributed by atoms with Crippen LogP contribution >= 0.6 is 0 Å². The van der Waals surface area contributed by atoms with E-state index in [1.807, 2.05) is 45.9 Å². The zero-order valence-corrected chi connectivity index (χ0v) is 25.4. The Bertz CT molecular complexity index is 1850. The SMILES string of the molecule is C=CC1=C(C)C2=NC1=CC1=C(C)C3=C(O)[C@@H](C(=O)OC)C(=C4NC(=CC5=NC(=C2)C(C=C)=C5C)[C@H](C)[C@H]4CCC(=O)O)C3=N1. The molecule has 3 atom stereocenters. The van der Waals surface area contributed by atoms with Gasteiger partial charge in [0.1, 0.15) is 11.7 Å². The van der Waals surface area contributed by atoms with Crippen LogP contribution in [0.1, 0.15) is 40.5 Å². The molecule has 5 heterocycles. The van der Waals surface area contributed by atoms with Crippen molar-refractivity contribution in [3.05, 3.63) is 117 Å². The van der Waals surface area contributed by atoms with Crippen LogP contribution in [0.3, 0.4) is 0 Å². The minimum absolute atomic E-state index is 0.0689. The van der Waals surface area contributed by atoms with Gasteiger partial charge in [0.05, 0.1) is 41.3 Å². The normalized spacial score (nSPS) is 25.5. The van der Waals surface area contributed by atoms with E-state index in [0.29, 0.717) is 45.9 Å². The Morgan fingerprint density at radius 1 is 0.977 bits per heavy atom. The van der Waals surface area contributed by atoms with Gasteiger partial charge in [-0.3, -0.25) is 9.59 Å². The van der Waals surface area contributed by atoms with Crippen LogP contribution in [0.25, 0.3) is 0 Å². The monoisotopic (exact) mass is 590 g/mol. The number of hydrogen-bond donors (Lipinski definition) is 3. The lowest BCUT2D eigenvalue weighted by atomic mass is 9.84. The molecule has 0 spiro atoms. The number of nitrogens with zero attached hydrogens (tertiary/aromatic N) is 3. The van der Waals surface area contributed by atoms with Gasteiger partial charge in [-0.2, -0.15) is 0 Å². The molecule has 0 aromatic rings. The number of rotatable bonds is 6. The summed E-state index contributed by atoms with van der Waals surface area (Å²) in [4.78, 5) is 39.8. The number of allylic oxidation sites excluding steroid dienone is 11. The summed E-state index contributed by atoms with van der Waals surface area (Å²) in [5, 5.41) is 24.7. The summed E-state index contributed by atoms with van der Waals surface area (Å²) in [5.74, 6) is -3.22. The number of esters is 1. The molecule has 3 N–H and O–H groups in total. The third kappa shape index (κ3) is 4.25. The minimum atomic E-state index is -1.10. The highest BCUT2D eigenvalue weighted by Gasteiger charge is 2.49. The number of carboxylic acids is 1. The first-order chi connectivity index (χ1) is 21.0. The van der Waals surface area contributed by atoms with Crippen LogP contribution in [0.4, 0.5) is 0 Å². The maximum Gasteiger partial charge on any atom is 0.321 e. The van der Waals surface area contributed by atoms with E-state index in [2.05, 4.69) is 18.5 Å². The molecule has 9 heteroatoms. The van der Waals surface area contributed by atoms with Crippen molar-refractivity contribution in [2.45, 2.75) is 40.5 Å². The van der Waals surface area contributed by atoms with E-state index < -0.39 is 17.9 Å². The first-order valence-corrected chi connectivity index (χ1v) is 14.6. The maximum absolute atomic E-state index is 13.2. The van der Waals surface area contributed by atoms with Gasteiger partial charge in [0.15, 0.2) is 0 Å². The highest BCUT2D eigenvalue weighted by Crippen LogP contribution is 2.49. The van der Waals surface area contributed by atoms with Crippen LogP contribution in [-0.4, -0.2) is 46.4 Å². The summed E-state index contributed by atoms with van der Waals surface area (Å²) in [6.07, 6.45) is 9.59. The van der Waals surface area contributed by atoms with Gasteiger partial charge in [0.25, 0.3) is 0 Å². The van der Waals surface area contributed by atoms with Crippen LogP contribution in [-0.2, 0) is 14.3 Å². The van der Waals surface area contributed by atoms with E-state index in [1.54, 1.807) is 12.2 Å². The van der Waals surface area contributed by atoms with E-state index >= 15 is 0 Å². The predicted octanol–water partition coefficient (Wildman–Crippen LogP) is 5.88. The van der Waals surface area contributed by atoms with Gasteiger partial charge >= 0.3 is 11.9 Å². The molecular formula is C35H34N4O5. The van der Waals surface area contributed by atoms with Crippen molar-refractivity contribution in [3.63, 3.8) is 0 Å². The second kappa shape index (κ2) is 10.6. The number of aliphatic carboxylic acids is 1. The summed E-state index contributed by atoms with van der Waals surface area (Å²) in [7, 11) is 1.28. The van der Waals surface area contributed by atoms with Crippen molar-refractivity contribution in [1.82, 2.24) is 5.32 Å². The summed E-state index contributed by atoms with van der Waals surface area (Å²) in [5.41, 5.74) is 10.8. The van der Waals surface area contributed by atoms with Crippen molar-refractivity contribution in [1.29, 1.82) is 0 Å². The molecule has 0 saturated carbocycles. The minimum Gasteiger partial charge on any atom is -0.510 e. The average molecular weight is 591 g/mol. The topological polar surface area (TPSA) is 133 Å². The fourth-order valence-corrected chi connectivity index (χ4v) is 6.83. The number of fused-ring (bicyclic) bond motifs is 5. The molecule has 1 fully saturated rings. The molecule has 44 heavy (non-hydrogen) atoms. The van der Waals surface area contributed by atoms with Crippen LogP contribution in [0.5, 0.6) is 0 Å². The molecule has 0 aromatic heterocycles. The second-order valence-corrected chi connectivity index (χ2v) is 11.6. The second-order valence-electron chi connectivity index (χ2n) is 11.6. The third-order valence-corrected chi connectivity index (χ3v) is 9.30. The maximum atomic E-state index is 13.2. The molecule has 6 aliphatic rings. The Labute approximate surface area is 255 Å². The Balaban J connectivity index is 1.68. The summed E-state index contributed by atoms with van der Waals surface area (Å²) in [6.45, 7) is 15.9. The molecule has 1 saturated heterocycles. The molecule has 0 unspecified atom stereocenters. The zero-order chi connectivity index (χ0) is 31.6. The quantitative estimate of drug-likeness (QED) is 0.331. The number of aliphatic hydroxyl groups excluding tert-OH is 1. The largest absolute Gasteiger partial charge is 0.510 e. The Morgan fingerprint density at radius 2 is 1.59 bits per heavy atom. The van der Waals surface area contributed by atoms with Crippen molar-refractivity contribution in [3.8, 4) is 0 Å². The van der Waals surface area contributed by atoms with E-state index in [-0.39, 0.29) is 24.0 Å². The van der Waals surface area contributed by atoms with Crippen molar-refractivity contribution < 1.29 is 24.5 Å². The summed E-state index contributed by atoms with van der Waals surface area (Å²) >= 11 is 0. The average Bonchev–Trinajstić information content (AvgIpc) is 3.72. The number of carbonyl (C=O) groups excluding carboxylic acids is 1. The number of carboxylic acid groups (broad SMARTS) is 1. The number of hydrogen-bond acceptors (Lipinski definition) is 8. The van der Waals surface area contributed by atoms with Gasteiger partial charge < -0.3 is 20.3 Å². The van der Waals surface area contributed by atoms with Crippen LogP contribution in [0.15, 0.2) is 132 Å². The molecule has 224 valence electrons. The lowest BCUT2D eigenvalue weighted by molar-refractivity contribution is -0.143. The van der Waals surface area contributed by atoms with Crippen molar-refractivity contribution >= 4 is 29.1 Å². The zero-order valence-electron chi connectivity index (χ0n) is 25.4. The Kier molecular flexibility index (Phi) is 6.99. The first kappa shape index (κ1) is 29.0. The molecule has 8 bridgehead atoms. The fourth-order valence-electron chi connectivity index (χ4n) is 6.83. The highest BCUT2D eigenvalue weighted by atomic mass is 16.5. The van der Waals surface area contributed by atoms with Crippen LogP contribution < -0.4 is 5.32 Å². The number of nitrogens with one attached hydrogen (secondary N) is 1. The number of ether oxygens (including phenoxy) is 1. The van der Waals surface area contributed by atoms with Crippen molar-refractivity contribution in [2.75, 3.05) is 7.11 Å².